The molecule has 4 rings (SSSR count). The van der Waals surface area contributed by atoms with Gasteiger partial charge in [-0.3, -0.25) is 10.1 Å². The number of hydrogen-bond donors (Lipinski definition) is 3. The van der Waals surface area contributed by atoms with Gasteiger partial charge in [-0.15, -0.1) is 11.3 Å². The number of rotatable bonds is 6. The van der Waals surface area contributed by atoms with E-state index in [9.17, 15) is 14.0 Å². The summed E-state index contributed by atoms with van der Waals surface area (Å²) in [5.41, 5.74) is 1.17. The Labute approximate surface area is 186 Å². The molecule has 0 fully saturated rings. The molecule has 0 bridgehead atoms. The number of anilines is 3. The van der Waals surface area contributed by atoms with E-state index in [2.05, 4.69) is 20.9 Å². The van der Waals surface area contributed by atoms with E-state index in [-0.39, 0.29) is 10.8 Å². The van der Waals surface area contributed by atoms with Gasteiger partial charge in [0.05, 0.1) is 0 Å². The number of aromatic nitrogens is 1. The number of carbonyl (C=O) groups is 2. The molecular weight excluding hydrogens is 431 g/mol. The molecule has 32 heavy (non-hydrogen) atoms. The molecule has 0 saturated heterocycles. The Hall–Kier alpha value is -4.24. The van der Waals surface area contributed by atoms with Gasteiger partial charge >= 0.3 is 6.03 Å². The molecule has 1 aromatic heterocycles. The van der Waals surface area contributed by atoms with E-state index in [0.717, 1.165) is 17.1 Å². The number of urea groups is 1. The fraction of sp³-hybridized carbons (Fsp3) is 0. The molecule has 0 aliphatic carbocycles. The second-order valence-corrected chi connectivity index (χ2v) is 7.38. The largest absolute Gasteiger partial charge is 0.457 e. The van der Waals surface area contributed by atoms with Crippen LogP contribution in [-0.2, 0) is 0 Å². The Morgan fingerprint density at radius 1 is 0.781 bits per heavy atom. The van der Waals surface area contributed by atoms with E-state index in [1.165, 1.54) is 29.6 Å². The number of thiazole rings is 1. The van der Waals surface area contributed by atoms with Crippen LogP contribution in [0.15, 0.2) is 84.2 Å². The van der Waals surface area contributed by atoms with E-state index in [4.69, 9.17) is 4.74 Å². The zero-order valence-electron chi connectivity index (χ0n) is 16.5. The smallest absolute Gasteiger partial charge is 0.325 e. The van der Waals surface area contributed by atoms with Gasteiger partial charge in [0.1, 0.15) is 23.0 Å². The lowest BCUT2D eigenvalue weighted by molar-refractivity contribution is 0.102. The maximum atomic E-state index is 12.9. The first-order valence-corrected chi connectivity index (χ1v) is 10.4. The lowest BCUT2D eigenvalue weighted by Gasteiger charge is -2.07. The lowest BCUT2D eigenvalue weighted by Crippen LogP contribution is -2.19. The van der Waals surface area contributed by atoms with Gasteiger partial charge in [-0.2, -0.15) is 0 Å². The molecule has 0 aliphatic heterocycles. The summed E-state index contributed by atoms with van der Waals surface area (Å²) in [6.07, 6.45) is 0. The molecule has 0 aliphatic rings. The Balaban J connectivity index is 1.31. The van der Waals surface area contributed by atoms with Crippen LogP contribution in [0, 0.1) is 5.82 Å². The summed E-state index contributed by atoms with van der Waals surface area (Å²) in [7, 11) is 0. The predicted octanol–water partition coefficient (Wildman–Crippen LogP) is 5.97. The van der Waals surface area contributed by atoms with Gasteiger partial charge in [0.25, 0.3) is 5.91 Å². The van der Waals surface area contributed by atoms with Gasteiger partial charge in [0.2, 0.25) is 0 Å². The topological polar surface area (TPSA) is 92.4 Å². The molecule has 3 amide bonds. The fourth-order valence-corrected chi connectivity index (χ4v) is 3.34. The number of para-hydroxylation sites is 1. The average Bonchev–Trinajstić information content (AvgIpc) is 3.26. The Bertz CT molecular complexity index is 1210. The SMILES string of the molecule is O=C(Nc1ccc(F)cc1)Nc1nc(C(=O)Nc2ccc(Oc3ccccc3)cc2)cs1. The molecule has 0 radical (unpaired) electrons. The highest BCUT2D eigenvalue weighted by molar-refractivity contribution is 7.14. The first kappa shape index (κ1) is 21.0. The molecule has 4 aromatic rings. The molecular formula is C23H17FN4O3S. The molecule has 0 saturated carbocycles. The van der Waals surface area contributed by atoms with Crippen LogP contribution >= 0.6 is 11.3 Å². The number of amides is 3. The first-order valence-electron chi connectivity index (χ1n) is 9.48. The van der Waals surface area contributed by atoms with E-state index >= 15 is 0 Å². The number of nitrogens with zero attached hydrogens (tertiary/aromatic N) is 1. The summed E-state index contributed by atoms with van der Waals surface area (Å²) < 4.78 is 18.7. The first-order chi connectivity index (χ1) is 15.5. The minimum absolute atomic E-state index is 0.164. The third-order valence-electron chi connectivity index (χ3n) is 4.15. The molecule has 3 N–H and O–H groups in total. The van der Waals surface area contributed by atoms with Gasteiger partial charge in [-0.1, -0.05) is 18.2 Å². The van der Waals surface area contributed by atoms with Crippen molar-refractivity contribution >= 4 is 39.8 Å². The van der Waals surface area contributed by atoms with Crippen LogP contribution in [0.3, 0.4) is 0 Å². The number of carbonyl (C=O) groups excluding carboxylic acids is 2. The molecule has 3 aromatic carbocycles. The predicted molar refractivity (Wildman–Crippen MR) is 122 cm³/mol. The van der Waals surface area contributed by atoms with Crippen molar-refractivity contribution in [3.63, 3.8) is 0 Å². The summed E-state index contributed by atoms with van der Waals surface area (Å²) >= 11 is 1.11. The van der Waals surface area contributed by atoms with Crippen molar-refractivity contribution in [2.75, 3.05) is 16.0 Å². The number of ether oxygens (including phenoxy) is 1. The van der Waals surface area contributed by atoms with Crippen molar-refractivity contribution in [1.29, 1.82) is 0 Å². The molecule has 1 heterocycles. The van der Waals surface area contributed by atoms with E-state index in [1.807, 2.05) is 30.3 Å². The van der Waals surface area contributed by atoms with Crippen LogP contribution in [0.4, 0.5) is 25.7 Å². The summed E-state index contributed by atoms with van der Waals surface area (Å²) in [6.45, 7) is 0. The number of hydrogen-bond acceptors (Lipinski definition) is 5. The zero-order chi connectivity index (χ0) is 22.3. The molecule has 160 valence electrons. The summed E-state index contributed by atoms with van der Waals surface area (Å²) in [5, 5.41) is 9.63. The third-order valence-corrected chi connectivity index (χ3v) is 4.91. The lowest BCUT2D eigenvalue weighted by atomic mass is 10.3. The quantitative estimate of drug-likeness (QED) is 0.339. The van der Waals surface area contributed by atoms with E-state index in [1.54, 1.807) is 24.3 Å². The standard InChI is InChI=1S/C23H17FN4O3S/c24-15-6-8-17(9-7-15)26-22(30)28-23-27-20(14-32-23)21(29)25-16-10-12-19(13-11-16)31-18-4-2-1-3-5-18/h1-14H,(H,25,29)(H2,26,27,28,30). The summed E-state index contributed by atoms with van der Waals surface area (Å²) in [5.74, 6) is 0.548. The number of nitrogens with one attached hydrogen (secondary N) is 3. The molecule has 9 heteroatoms. The van der Waals surface area contributed by atoms with Crippen molar-refractivity contribution < 1.29 is 18.7 Å². The van der Waals surface area contributed by atoms with Crippen LogP contribution in [0.2, 0.25) is 0 Å². The van der Waals surface area contributed by atoms with Crippen molar-refractivity contribution in [3.05, 3.63) is 95.8 Å². The highest BCUT2D eigenvalue weighted by atomic mass is 32.1. The second-order valence-electron chi connectivity index (χ2n) is 6.52. The van der Waals surface area contributed by atoms with E-state index in [0.29, 0.717) is 17.1 Å². The maximum Gasteiger partial charge on any atom is 0.325 e. The van der Waals surface area contributed by atoms with Crippen molar-refractivity contribution in [1.82, 2.24) is 4.98 Å². The minimum atomic E-state index is -0.549. The van der Waals surface area contributed by atoms with Crippen molar-refractivity contribution in [2.24, 2.45) is 0 Å². The van der Waals surface area contributed by atoms with E-state index < -0.39 is 17.8 Å². The van der Waals surface area contributed by atoms with Gasteiger partial charge < -0.3 is 15.4 Å². The van der Waals surface area contributed by atoms with Crippen LogP contribution in [0.25, 0.3) is 0 Å². The number of halogens is 1. The third kappa shape index (κ3) is 5.67. The van der Waals surface area contributed by atoms with Gasteiger partial charge in [0.15, 0.2) is 5.13 Å². The van der Waals surface area contributed by atoms with Crippen LogP contribution in [0.1, 0.15) is 10.5 Å². The average molecular weight is 448 g/mol. The molecule has 7 nitrogen and oxygen atoms in total. The number of benzene rings is 3. The Morgan fingerprint density at radius 3 is 2.12 bits per heavy atom. The normalized spacial score (nSPS) is 10.3. The molecule has 0 atom stereocenters. The van der Waals surface area contributed by atoms with Gasteiger partial charge in [0, 0.05) is 16.8 Å². The van der Waals surface area contributed by atoms with Crippen LogP contribution in [0.5, 0.6) is 11.5 Å². The maximum absolute atomic E-state index is 12.9. The van der Waals surface area contributed by atoms with Gasteiger partial charge in [-0.05, 0) is 60.7 Å². The fourth-order valence-electron chi connectivity index (χ4n) is 2.65. The van der Waals surface area contributed by atoms with Crippen LogP contribution in [-0.4, -0.2) is 16.9 Å². The zero-order valence-corrected chi connectivity index (χ0v) is 17.4. The van der Waals surface area contributed by atoms with Crippen molar-refractivity contribution in [2.45, 2.75) is 0 Å². The van der Waals surface area contributed by atoms with Crippen LogP contribution < -0.4 is 20.7 Å². The molecule has 0 spiro atoms. The molecule has 0 unspecified atom stereocenters. The highest BCUT2D eigenvalue weighted by Crippen LogP contribution is 2.23. The minimum Gasteiger partial charge on any atom is -0.457 e. The Kier molecular flexibility index (Phi) is 6.38. The Morgan fingerprint density at radius 2 is 1.41 bits per heavy atom. The highest BCUT2D eigenvalue weighted by Gasteiger charge is 2.13. The van der Waals surface area contributed by atoms with Crippen molar-refractivity contribution in [3.8, 4) is 11.5 Å². The monoisotopic (exact) mass is 448 g/mol. The summed E-state index contributed by atoms with van der Waals surface area (Å²) in [4.78, 5) is 28.6. The summed E-state index contributed by atoms with van der Waals surface area (Å²) in [6, 6.07) is 21.1. The van der Waals surface area contributed by atoms with Gasteiger partial charge in [-0.25, -0.2) is 14.2 Å². The second kappa shape index (κ2) is 9.71.